The Kier molecular flexibility index (Phi) is 22.1. The van der Waals surface area contributed by atoms with Gasteiger partial charge in [0.1, 0.15) is 85.7 Å². The minimum absolute atomic E-state index is 0.00627. The van der Waals surface area contributed by atoms with Crippen LogP contribution in [0.15, 0.2) is 134 Å². The number of aromatic nitrogens is 6. The predicted octanol–water partition coefficient (Wildman–Crippen LogP) is 11.5. The van der Waals surface area contributed by atoms with Gasteiger partial charge in [-0.2, -0.15) is 24.7 Å². The molecule has 9 aliphatic rings. The normalized spacial score (nSPS) is 19.2. The number of carbonyl (C=O) groups is 2. The van der Waals surface area contributed by atoms with E-state index in [4.69, 9.17) is 42.7 Å². The zero-order valence-electron chi connectivity index (χ0n) is 62.2. The van der Waals surface area contributed by atoms with E-state index in [2.05, 4.69) is 46.2 Å². The molecule has 0 radical (unpaired) electrons. The summed E-state index contributed by atoms with van der Waals surface area (Å²) in [4.78, 5) is 40.4. The van der Waals surface area contributed by atoms with Crippen molar-refractivity contribution in [2.75, 3.05) is 51.8 Å². The molecule has 0 spiro atoms. The van der Waals surface area contributed by atoms with Crippen molar-refractivity contribution in [1.82, 2.24) is 38.8 Å². The number of nitrogens with two attached hydrogens (primary N) is 1. The molecule has 7 N–H and O–H groups in total. The second-order valence-electron chi connectivity index (χ2n) is 28.9. The fourth-order valence-electron chi connectivity index (χ4n) is 16.9. The van der Waals surface area contributed by atoms with Crippen LogP contribution >= 0.6 is 0 Å². The Morgan fingerprint density at radius 3 is 1.19 bits per heavy atom. The average Bonchev–Trinajstić information content (AvgIpc) is 0.749. The maximum Gasteiger partial charge on any atom is 0.331 e. The third-order valence-corrected chi connectivity index (χ3v) is 26.6. The number of anilines is 2. The molecule has 6 aromatic carbocycles. The van der Waals surface area contributed by atoms with Crippen LogP contribution in [0.25, 0.3) is 0 Å². The quantitative estimate of drug-likeness (QED) is 0.0240. The summed E-state index contributed by atoms with van der Waals surface area (Å²) in [5, 5.41) is 24.9. The SMILES string of the molecule is C=S(=O)(NC(=O)Nc1c2c(c(F)c3c1CCC3)CCC2)c1cnn2c1OC[C@@H](OC)C2.CO[C@@H]1COc2c(S(=N)(=O)NC(=O)Nc3c4c(c(F)c5c3CCC5)CCC4)cnn2C1.CO[C@@H]1COc2c(S(N)(=O)=NC(c3ccccc3)(c3ccccc3)c3ccccc3)cnn2C1.O=C=Nc1c2c(c(F)c3c1CCC3)CCC2. The van der Waals surface area contributed by atoms with Crippen LogP contribution in [-0.2, 0) is 151 Å². The molecule has 3 aromatic heterocycles. The molecule has 6 aliphatic carbocycles. The number of rotatable bonds is 15. The van der Waals surface area contributed by atoms with Crippen LogP contribution in [0.5, 0.6) is 17.6 Å². The predicted molar refractivity (Wildman–Crippen MR) is 414 cm³/mol. The average molecular weight is 1590 g/mol. The van der Waals surface area contributed by atoms with Crippen molar-refractivity contribution in [2.45, 2.75) is 174 Å². The summed E-state index contributed by atoms with van der Waals surface area (Å²) in [5.41, 5.74) is 13.1. The third kappa shape index (κ3) is 14.8. The lowest BCUT2D eigenvalue weighted by Gasteiger charge is -2.32. The minimum Gasteiger partial charge on any atom is -0.474 e. The van der Waals surface area contributed by atoms with E-state index in [9.17, 15) is 40.2 Å². The monoisotopic (exact) mass is 1590 g/mol. The highest BCUT2D eigenvalue weighted by molar-refractivity contribution is 7.99. The van der Waals surface area contributed by atoms with Crippen molar-refractivity contribution < 1.29 is 68.6 Å². The highest BCUT2D eigenvalue weighted by Crippen LogP contribution is 2.47. The van der Waals surface area contributed by atoms with Crippen LogP contribution in [0, 0.1) is 22.2 Å². The first-order chi connectivity index (χ1) is 54.1. The Hall–Kier alpha value is -10.2. The van der Waals surface area contributed by atoms with E-state index in [1.165, 1.54) is 23.3 Å². The summed E-state index contributed by atoms with van der Waals surface area (Å²) in [6, 6.07) is 28.0. The molecular weight excluding hydrogens is 1500 g/mol. The van der Waals surface area contributed by atoms with Gasteiger partial charge in [-0.05, 0) is 205 Å². The highest BCUT2D eigenvalue weighted by atomic mass is 32.2. The Bertz CT molecular complexity index is 5190. The first-order valence-electron chi connectivity index (χ1n) is 37.5. The van der Waals surface area contributed by atoms with Crippen molar-refractivity contribution in [2.24, 2.45) is 14.5 Å². The number of amides is 4. The molecular formula is C80H87F3N14O12S3. The molecule has 4 amide bonds. The number of benzene rings is 6. The van der Waals surface area contributed by atoms with Crippen molar-refractivity contribution in [1.29, 1.82) is 4.78 Å². The van der Waals surface area contributed by atoms with Crippen molar-refractivity contribution in [3.63, 3.8) is 0 Å². The van der Waals surface area contributed by atoms with E-state index < -0.39 is 47.1 Å². The van der Waals surface area contributed by atoms with Gasteiger partial charge in [-0.25, -0.2) is 68.9 Å². The Morgan fingerprint density at radius 2 is 0.821 bits per heavy atom. The Morgan fingerprint density at radius 1 is 0.509 bits per heavy atom. The van der Waals surface area contributed by atoms with E-state index in [0.29, 0.717) is 117 Å². The molecule has 9 aromatic rings. The van der Waals surface area contributed by atoms with Gasteiger partial charge in [-0.3, -0.25) is 4.72 Å². The number of hydrogen-bond acceptors (Lipinski definition) is 18. The standard InChI is InChI=1S/C26H26N4O3S.C21H25FN4O4S.C20H24FN5O4S.C13H12FNO/c1-32-23-18-30-25(33-19-23)24(17-28-30)34(27,31)29-26(20-11-5-2-6-12-20,21-13-7-3-8-14-21)22-15-9-4-10-16-22;1-29-12-10-26-20(30-11-12)17(9-23-26)31(2,28)25-21(27)24-19-15-7-3-5-13(15)18(22)14-6-4-8-16(14)19;1-29-11-9-26-19(30-10-11)16(8-23-26)31(22,28)25-20(27)24-18-14-6-2-4-12(14)17(21)13-5-3-7-15(13)18;14-12-8-3-1-5-10(8)13(15-7-16)11-6-2-4-9(11)12/h2-17,23H,18-19H2,1H3,(H2,27,29,31);9,12H,2-8,10-11H2,1H3,(H2,24,25,27,28);8,11H,2-7,9-10H2,1H3,(H3,22,24,25,27,28);1-6H2/t23-,34?;12-,31?;11-,31?;/m000./s1. The summed E-state index contributed by atoms with van der Waals surface area (Å²) >= 11 is 0. The van der Waals surface area contributed by atoms with E-state index in [-0.39, 0.29) is 62.9 Å². The number of carbonyl (C=O) groups excluding carboxylic acids is 3. The highest BCUT2D eigenvalue weighted by Gasteiger charge is 2.41. The number of nitrogens with one attached hydrogen (secondary N) is 5. The second kappa shape index (κ2) is 32.1. The molecule has 112 heavy (non-hydrogen) atoms. The van der Waals surface area contributed by atoms with Crippen LogP contribution in [0.2, 0.25) is 0 Å². The molecule has 26 nitrogen and oxygen atoms in total. The molecule has 6 heterocycles. The van der Waals surface area contributed by atoms with Crippen LogP contribution < -0.4 is 39.4 Å². The molecule has 32 heteroatoms. The fraction of sp³-hybridized carbons (Fsp3) is 0.388. The largest absolute Gasteiger partial charge is 0.474 e. The van der Waals surface area contributed by atoms with Crippen LogP contribution in [0.4, 0.5) is 39.8 Å². The van der Waals surface area contributed by atoms with Gasteiger partial charge in [-0.1, -0.05) is 91.0 Å². The lowest BCUT2D eigenvalue weighted by Crippen LogP contribution is -2.36. The molecule has 0 bridgehead atoms. The smallest absolute Gasteiger partial charge is 0.331 e. The van der Waals surface area contributed by atoms with E-state index in [1.54, 1.807) is 36.8 Å². The van der Waals surface area contributed by atoms with E-state index in [1.807, 2.05) is 91.0 Å². The number of aliphatic imine (C=N–C) groups is 1. The summed E-state index contributed by atoms with van der Waals surface area (Å²) in [7, 11) is -5.63. The zero-order valence-corrected chi connectivity index (χ0v) is 64.7. The Balaban J connectivity index is 0.000000121. The fourth-order valence-corrected chi connectivity index (χ4v) is 20.5. The molecule has 6 atom stereocenters. The molecule has 0 fully saturated rings. The number of methoxy groups -OCH3 is 3. The minimum atomic E-state index is -3.72. The third-order valence-electron chi connectivity index (χ3n) is 22.3. The molecule has 0 saturated heterocycles. The Labute approximate surface area is 647 Å². The first-order valence-corrected chi connectivity index (χ1v) is 42.3. The number of ether oxygens (including phenoxy) is 6. The van der Waals surface area contributed by atoms with Gasteiger partial charge in [0.05, 0.1) is 53.6 Å². The van der Waals surface area contributed by atoms with Crippen molar-refractivity contribution >= 4 is 70.6 Å². The molecule has 588 valence electrons. The molecule has 3 aliphatic heterocycles. The van der Waals surface area contributed by atoms with E-state index >= 15 is 0 Å². The first kappa shape index (κ1) is 77.2. The summed E-state index contributed by atoms with van der Waals surface area (Å²) in [6.07, 6.45) is 19.4. The van der Waals surface area contributed by atoms with Gasteiger partial charge < -0.3 is 39.1 Å². The number of isocyanates is 1. The zero-order chi connectivity index (χ0) is 78.2. The summed E-state index contributed by atoms with van der Waals surface area (Å²) < 4.78 is 140. The summed E-state index contributed by atoms with van der Waals surface area (Å²) in [6.45, 7) is 2.22. The van der Waals surface area contributed by atoms with Gasteiger partial charge in [-0.15, -0.1) is 0 Å². The number of halogens is 3. The van der Waals surface area contributed by atoms with Gasteiger partial charge in [0.15, 0.2) is 9.92 Å². The van der Waals surface area contributed by atoms with Crippen LogP contribution in [0.3, 0.4) is 0 Å². The van der Waals surface area contributed by atoms with Crippen LogP contribution in [0.1, 0.15) is 122 Å². The topological polar surface area (TPSA) is 334 Å². The van der Waals surface area contributed by atoms with Gasteiger partial charge >= 0.3 is 12.1 Å². The van der Waals surface area contributed by atoms with Crippen molar-refractivity contribution in [3.8, 4) is 17.6 Å². The number of nitrogens with zero attached hydrogens (tertiary/aromatic N) is 8. The van der Waals surface area contributed by atoms with Crippen LogP contribution in [-0.4, -0.2) is 125 Å². The number of urea groups is 2. The second-order valence-corrected chi connectivity index (χ2v) is 34.4. The van der Waals surface area contributed by atoms with E-state index in [0.717, 1.165) is 144 Å². The molecule has 0 saturated carbocycles. The lowest BCUT2D eigenvalue weighted by atomic mass is 9.78. The van der Waals surface area contributed by atoms with Gasteiger partial charge in [0.25, 0.3) is 0 Å². The van der Waals surface area contributed by atoms with Gasteiger partial charge in [0.2, 0.25) is 23.7 Å². The summed E-state index contributed by atoms with van der Waals surface area (Å²) in [5.74, 6) is 4.35. The van der Waals surface area contributed by atoms with Gasteiger partial charge in [0, 0.05) is 32.7 Å². The van der Waals surface area contributed by atoms with Crippen molar-refractivity contribution in [3.05, 3.63) is 210 Å². The maximum absolute atomic E-state index is 14.8. The molecule has 3 unspecified atom stereocenters. The number of hydrogen-bond donors (Lipinski definition) is 6. The lowest BCUT2D eigenvalue weighted by molar-refractivity contribution is 0.0165. The number of fused-ring (bicyclic) bond motifs is 9. The molecule has 18 rings (SSSR count). The maximum atomic E-state index is 14.8.